The van der Waals surface area contributed by atoms with E-state index in [1.54, 1.807) is 29.6 Å². The van der Waals surface area contributed by atoms with E-state index in [1.807, 2.05) is 0 Å². The number of sulfonamides is 1. The van der Waals surface area contributed by atoms with Gasteiger partial charge in [0.1, 0.15) is 17.4 Å². The third-order valence-corrected chi connectivity index (χ3v) is 6.24. The van der Waals surface area contributed by atoms with Gasteiger partial charge in [-0.3, -0.25) is 4.31 Å². The fourth-order valence-electron chi connectivity index (χ4n) is 2.41. The van der Waals surface area contributed by atoms with E-state index in [0.29, 0.717) is 27.7 Å². The molecule has 0 radical (unpaired) electrons. The molecule has 0 atom stereocenters. The summed E-state index contributed by atoms with van der Waals surface area (Å²) < 4.78 is 67.9. The van der Waals surface area contributed by atoms with Crippen LogP contribution in [0.1, 0.15) is 11.3 Å². The van der Waals surface area contributed by atoms with Gasteiger partial charge in [-0.05, 0) is 36.4 Å². The number of halogens is 3. The quantitative estimate of drug-likeness (QED) is 0.550. The molecule has 0 fully saturated rings. The Kier molecular flexibility index (Phi) is 5.85. The standard InChI is InChI=1S/C19H17F3N2O3S2/c1-24(29(2,25)26)16-7-9-17(10-8-16)27-11-15-12-28-18(23-15)13-3-5-14(6-4-13)19(20,21)22/h3-10,12H,11H2,1-2H3. The molecular weight excluding hydrogens is 425 g/mol. The fourth-order valence-corrected chi connectivity index (χ4v) is 3.72. The highest BCUT2D eigenvalue weighted by molar-refractivity contribution is 7.92. The maximum absolute atomic E-state index is 12.7. The highest BCUT2D eigenvalue weighted by atomic mass is 32.2. The van der Waals surface area contributed by atoms with Crippen LogP contribution in [0.3, 0.4) is 0 Å². The number of thiazole rings is 1. The molecule has 0 saturated heterocycles. The molecule has 0 N–H and O–H groups in total. The highest BCUT2D eigenvalue weighted by Crippen LogP contribution is 2.32. The van der Waals surface area contributed by atoms with Crippen molar-refractivity contribution in [2.45, 2.75) is 12.8 Å². The Morgan fingerprint density at radius 1 is 1.07 bits per heavy atom. The molecule has 0 unspecified atom stereocenters. The predicted octanol–water partition coefficient (Wildman–Crippen LogP) is 4.80. The molecule has 3 aromatic rings. The summed E-state index contributed by atoms with van der Waals surface area (Å²) in [5.41, 5.74) is 1.05. The van der Waals surface area contributed by atoms with E-state index in [9.17, 15) is 21.6 Å². The minimum absolute atomic E-state index is 0.179. The summed E-state index contributed by atoms with van der Waals surface area (Å²) in [4.78, 5) is 4.39. The van der Waals surface area contributed by atoms with Crippen LogP contribution < -0.4 is 9.04 Å². The molecule has 0 aliphatic rings. The summed E-state index contributed by atoms with van der Waals surface area (Å²) in [7, 11) is -1.88. The van der Waals surface area contributed by atoms with E-state index in [2.05, 4.69) is 4.98 Å². The first-order valence-corrected chi connectivity index (χ1v) is 11.1. The molecule has 0 spiro atoms. The van der Waals surface area contributed by atoms with Crippen LogP contribution in [0.25, 0.3) is 10.6 Å². The van der Waals surface area contributed by atoms with Crippen LogP contribution in [0.4, 0.5) is 18.9 Å². The lowest BCUT2D eigenvalue weighted by atomic mass is 10.1. The SMILES string of the molecule is CN(c1ccc(OCc2csc(-c3ccc(C(F)(F)F)cc3)n2)cc1)S(C)(=O)=O. The lowest BCUT2D eigenvalue weighted by Crippen LogP contribution is -2.24. The second-order valence-electron chi connectivity index (χ2n) is 6.23. The number of hydrogen-bond acceptors (Lipinski definition) is 5. The summed E-state index contributed by atoms with van der Waals surface area (Å²) in [5, 5.41) is 2.38. The molecule has 2 aromatic carbocycles. The van der Waals surface area contributed by atoms with Crippen molar-refractivity contribution in [3.63, 3.8) is 0 Å². The molecule has 0 aliphatic heterocycles. The van der Waals surface area contributed by atoms with Crippen LogP contribution in [-0.2, 0) is 22.8 Å². The predicted molar refractivity (Wildman–Crippen MR) is 107 cm³/mol. The third-order valence-electron chi connectivity index (χ3n) is 4.10. The maximum Gasteiger partial charge on any atom is 0.416 e. The average molecular weight is 442 g/mol. The Balaban J connectivity index is 1.64. The fraction of sp³-hybridized carbons (Fsp3) is 0.211. The molecule has 10 heteroatoms. The molecule has 0 aliphatic carbocycles. The van der Waals surface area contributed by atoms with Crippen molar-refractivity contribution >= 4 is 27.0 Å². The van der Waals surface area contributed by atoms with Crippen LogP contribution in [0, 0.1) is 0 Å². The number of rotatable bonds is 6. The normalized spacial score (nSPS) is 12.0. The van der Waals surface area contributed by atoms with Gasteiger partial charge in [0.25, 0.3) is 0 Å². The lowest BCUT2D eigenvalue weighted by molar-refractivity contribution is -0.137. The zero-order chi connectivity index (χ0) is 21.2. The Labute approximate surface area is 170 Å². The van der Waals surface area contributed by atoms with Crippen LogP contribution >= 0.6 is 11.3 Å². The Morgan fingerprint density at radius 3 is 2.24 bits per heavy atom. The first-order valence-electron chi connectivity index (χ1n) is 8.33. The largest absolute Gasteiger partial charge is 0.487 e. The number of benzene rings is 2. The van der Waals surface area contributed by atoms with Gasteiger partial charge in [0, 0.05) is 18.0 Å². The second-order valence-corrected chi connectivity index (χ2v) is 9.10. The molecule has 1 aromatic heterocycles. The third kappa shape index (κ3) is 5.27. The molecule has 5 nitrogen and oxygen atoms in total. The monoisotopic (exact) mass is 442 g/mol. The van der Waals surface area contributed by atoms with Gasteiger partial charge in [0.2, 0.25) is 10.0 Å². The Hall–Kier alpha value is -2.59. The number of hydrogen-bond donors (Lipinski definition) is 0. The van der Waals surface area contributed by atoms with E-state index >= 15 is 0 Å². The number of anilines is 1. The smallest absolute Gasteiger partial charge is 0.416 e. The van der Waals surface area contributed by atoms with Gasteiger partial charge in [0.05, 0.1) is 23.2 Å². The summed E-state index contributed by atoms with van der Waals surface area (Å²) in [6.07, 6.45) is -3.25. The topological polar surface area (TPSA) is 59.5 Å². The van der Waals surface area contributed by atoms with Gasteiger partial charge >= 0.3 is 6.18 Å². The average Bonchev–Trinajstić information content (AvgIpc) is 3.14. The van der Waals surface area contributed by atoms with Crippen molar-refractivity contribution in [3.8, 4) is 16.3 Å². The molecule has 29 heavy (non-hydrogen) atoms. The van der Waals surface area contributed by atoms with Gasteiger partial charge in [-0.25, -0.2) is 13.4 Å². The van der Waals surface area contributed by atoms with E-state index in [1.165, 1.54) is 30.5 Å². The molecular formula is C19H17F3N2O3S2. The summed E-state index contributed by atoms with van der Waals surface area (Å²) in [6.45, 7) is 0.179. The zero-order valence-corrected chi connectivity index (χ0v) is 17.1. The Morgan fingerprint density at radius 2 is 1.69 bits per heavy atom. The van der Waals surface area contributed by atoms with Crippen LogP contribution in [0.2, 0.25) is 0 Å². The van der Waals surface area contributed by atoms with Crippen LogP contribution in [0.5, 0.6) is 5.75 Å². The summed E-state index contributed by atoms with van der Waals surface area (Å²) in [6, 6.07) is 11.4. The molecule has 3 rings (SSSR count). The van der Waals surface area contributed by atoms with Gasteiger partial charge in [-0.2, -0.15) is 13.2 Å². The van der Waals surface area contributed by atoms with Crippen molar-refractivity contribution in [2.24, 2.45) is 0 Å². The van der Waals surface area contributed by atoms with E-state index in [4.69, 9.17) is 4.74 Å². The zero-order valence-electron chi connectivity index (χ0n) is 15.5. The molecule has 0 saturated carbocycles. The van der Waals surface area contributed by atoms with Crippen LogP contribution in [-0.4, -0.2) is 26.7 Å². The molecule has 1 heterocycles. The van der Waals surface area contributed by atoms with E-state index in [0.717, 1.165) is 22.7 Å². The second kappa shape index (κ2) is 8.03. The van der Waals surface area contributed by atoms with Crippen molar-refractivity contribution in [2.75, 3.05) is 17.6 Å². The number of alkyl halides is 3. The first kappa shape index (κ1) is 21.1. The number of nitrogens with zero attached hydrogens (tertiary/aromatic N) is 2. The minimum atomic E-state index is -4.37. The highest BCUT2D eigenvalue weighted by Gasteiger charge is 2.30. The van der Waals surface area contributed by atoms with Crippen molar-refractivity contribution in [1.29, 1.82) is 0 Å². The van der Waals surface area contributed by atoms with Crippen molar-refractivity contribution < 1.29 is 26.3 Å². The van der Waals surface area contributed by atoms with Gasteiger partial charge in [-0.1, -0.05) is 12.1 Å². The lowest BCUT2D eigenvalue weighted by Gasteiger charge is -2.16. The minimum Gasteiger partial charge on any atom is -0.487 e. The van der Waals surface area contributed by atoms with Gasteiger partial charge < -0.3 is 4.74 Å². The molecule has 0 amide bonds. The summed E-state index contributed by atoms with van der Waals surface area (Å²) in [5.74, 6) is 0.541. The van der Waals surface area contributed by atoms with Crippen molar-refractivity contribution in [1.82, 2.24) is 4.98 Å². The molecule has 0 bridgehead atoms. The van der Waals surface area contributed by atoms with Crippen molar-refractivity contribution in [3.05, 3.63) is 65.2 Å². The van der Waals surface area contributed by atoms with Gasteiger partial charge in [0.15, 0.2) is 0 Å². The maximum atomic E-state index is 12.7. The van der Waals surface area contributed by atoms with Gasteiger partial charge in [-0.15, -0.1) is 11.3 Å². The first-order chi connectivity index (χ1) is 13.5. The summed E-state index contributed by atoms with van der Waals surface area (Å²) >= 11 is 1.31. The Bertz CT molecular complexity index is 1080. The molecule has 154 valence electrons. The number of aromatic nitrogens is 1. The van der Waals surface area contributed by atoms with E-state index < -0.39 is 21.8 Å². The van der Waals surface area contributed by atoms with Crippen LogP contribution in [0.15, 0.2) is 53.9 Å². The number of ether oxygens (including phenoxy) is 1. The van der Waals surface area contributed by atoms with E-state index in [-0.39, 0.29) is 6.61 Å².